The van der Waals surface area contributed by atoms with Crippen molar-refractivity contribution in [2.75, 3.05) is 0 Å². The molecule has 3 heteroatoms. The van der Waals surface area contributed by atoms with E-state index in [2.05, 4.69) is 57.0 Å². The van der Waals surface area contributed by atoms with Gasteiger partial charge < -0.3 is 9.55 Å². The van der Waals surface area contributed by atoms with Crippen molar-refractivity contribution >= 4 is 21.9 Å². The van der Waals surface area contributed by atoms with Crippen LogP contribution in [0.2, 0.25) is 0 Å². The molecule has 0 aliphatic heterocycles. The Kier molecular flexibility index (Phi) is 3.58. The number of hydrogen-bond acceptors (Lipinski definition) is 1. The topological polar surface area (TPSA) is 33.6 Å². The third-order valence-electron chi connectivity index (χ3n) is 5.63. The van der Waals surface area contributed by atoms with Crippen molar-refractivity contribution in [3.8, 4) is 0 Å². The molecule has 1 aliphatic carbocycles. The minimum absolute atomic E-state index is 0.616. The fraction of sp³-hybridized carbons (Fsp3) is 0.318. The molecule has 3 aromatic heterocycles. The highest BCUT2D eigenvalue weighted by Gasteiger charge is 2.22. The van der Waals surface area contributed by atoms with Crippen molar-refractivity contribution in [1.29, 1.82) is 0 Å². The summed E-state index contributed by atoms with van der Waals surface area (Å²) in [6, 6.07) is 16.0. The van der Waals surface area contributed by atoms with Crippen LogP contribution >= 0.6 is 0 Å². The second-order valence-electron chi connectivity index (χ2n) is 7.26. The van der Waals surface area contributed by atoms with Gasteiger partial charge in [0.05, 0.1) is 5.52 Å². The van der Waals surface area contributed by atoms with Gasteiger partial charge in [0.25, 0.3) is 0 Å². The van der Waals surface area contributed by atoms with Crippen molar-refractivity contribution in [3.63, 3.8) is 0 Å². The van der Waals surface area contributed by atoms with Crippen molar-refractivity contribution in [3.05, 3.63) is 66.1 Å². The van der Waals surface area contributed by atoms with Crippen LogP contribution in [-0.2, 0) is 6.42 Å². The summed E-state index contributed by atoms with van der Waals surface area (Å²) in [5, 5.41) is 2.52. The lowest BCUT2D eigenvalue weighted by Gasteiger charge is -2.27. The van der Waals surface area contributed by atoms with Crippen molar-refractivity contribution < 1.29 is 0 Å². The SMILES string of the molecule is c1ccc(Cc2cc3cnc4[nH]ccc4c3n2C2CCCCC2)cc1. The van der Waals surface area contributed by atoms with Gasteiger partial charge in [0.15, 0.2) is 0 Å². The number of rotatable bonds is 3. The Bertz CT molecular complexity index is 1000. The van der Waals surface area contributed by atoms with Crippen LogP contribution in [0.5, 0.6) is 0 Å². The molecule has 126 valence electrons. The molecule has 5 rings (SSSR count). The molecule has 1 aromatic carbocycles. The lowest BCUT2D eigenvalue weighted by Crippen LogP contribution is -2.15. The van der Waals surface area contributed by atoms with Crippen LogP contribution in [0.25, 0.3) is 21.9 Å². The van der Waals surface area contributed by atoms with Gasteiger partial charge in [-0.1, -0.05) is 49.6 Å². The average Bonchev–Trinajstić information content (AvgIpc) is 3.27. The van der Waals surface area contributed by atoms with Gasteiger partial charge in [0.1, 0.15) is 5.65 Å². The maximum atomic E-state index is 4.61. The number of hydrogen-bond donors (Lipinski definition) is 1. The third kappa shape index (κ3) is 2.55. The summed E-state index contributed by atoms with van der Waals surface area (Å²) in [5.74, 6) is 0. The van der Waals surface area contributed by atoms with E-state index >= 15 is 0 Å². The molecule has 0 unspecified atom stereocenters. The minimum atomic E-state index is 0.616. The molecular weight excluding hydrogens is 306 g/mol. The molecule has 0 spiro atoms. The van der Waals surface area contributed by atoms with E-state index in [0.717, 1.165) is 12.1 Å². The van der Waals surface area contributed by atoms with Gasteiger partial charge in [0, 0.05) is 41.3 Å². The van der Waals surface area contributed by atoms with E-state index in [9.17, 15) is 0 Å². The van der Waals surface area contributed by atoms with Crippen LogP contribution in [0, 0.1) is 0 Å². The zero-order valence-electron chi connectivity index (χ0n) is 14.4. The summed E-state index contributed by atoms with van der Waals surface area (Å²) in [5.41, 5.74) is 5.15. The van der Waals surface area contributed by atoms with E-state index in [4.69, 9.17) is 0 Å². The highest BCUT2D eigenvalue weighted by atomic mass is 15.0. The van der Waals surface area contributed by atoms with Crippen LogP contribution in [-0.4, -0.2) is 14.5 Å². The summed E-state index contributed by atoms with van der Waals surface area (Å²) in [7, 11) is 0. The van der Waals surface area contributed by atoms with Crippen LogP contribution in [0.3, 0.4) is 0 Å². The Morgan fingerprint density at radius 3 is 2.72 bits per heavy atom. The van der Waals surface area contributed by atoms with Crippen molar-refractivity contribution in [1.82, 2.24) is 14.5 Å². The monoisotopic (exact) mass is 329 g/mol. The van der Waals surface area contributed by atoms with Crippen LogP contribution < -0.4 is 0 Å². The third-order valence-corrected chi connectivity index (χ3v) is 5.63. The van der Waals surface area contributed by atoms with Gasteiger partial charge >= 0.3 is 0 Å². The van der Waals surface area contributed by atoms with Gasteiger partial charge in [-0.05, 0) is 30.5 Å². The Labute approximate surface area is 147 Å². The molecule has 0 saturated heterocycles. The molecule has 1 N–H and O–H groups in total. The lowest BCUT2D eigenvalue weighted by molar-refractivity contribution is 0.356. The number of nitrogens with zero attached hydrogens (tertiary/aromatic N) is 2. The van der Waals surface area contributed by atoms with Crippen molar-refractivity contribution in [2.45, 2.75) is 44.6 Å². The van der Waals surface area contributed by atoms with Crippen LogP contribution in [0.15, 0.2) is 54.9 Å². The molecule has 0 amide bonds. The van der Waals surface area contributed by atoms with Gasteiger partial charge in [-0.25, -0.2) is 4.98 Å². The summed E-state index contributed by atoms with van der Waals surface area (Å²) in [6.45, 7) is 0. The van der Waals surface area contributed by atoms with E-state index in [1.807, 2.05) is 12.4 Å². The quantitative estimate of drug-likeness (QED) is 0.520. The molecule has 1 fully saturated rings. The van der Waals surface area contributed by atoms with Gasteiger partial charge in [-0.2, -0.15) is 0 Å². The molecule has 0 bridgehead atoms. The first kappa shape index (κ1) is 14.8. The standard InChI is InChI=1S/C22H23N3/c1-3-7-16(8-4-1)13-19-14-17-15-24-22-20(11-12-23-22)21(17)25(19)18-9-5-2-6-10-18/h1,3-4,7-8,11-12,14-15,18H,2,5-6,9-10,13H2,(H,23,24). The molecule has 1 saturated carbocycles. The summed E-state index contributed by atoms with van der Waals surface area (Å²) >= 11 is 0. The maximum Gasteiger partial charge on any atom is 0.139 e. The van der Waals surface area contributed by atoms with E-state index in [1.165, 1.54) is 59.7 Å². The Hall–Kier alpha value is -2.55. The van der Waals surface area contributed by atoms with Crippen LogP contribution in [0.4, 0.5) is 0 Å². The predicted molar refractivity (Wildman–Crippen MR) is 103 cm³/mol. The summed E-state index contributed by atoms with van der Waals surface area (Å²) in [6.07, 6.45) is 11.7. The molecule has 3 nitrogen and oxygen atoms in total. The van der Waals surface area contributed by atoms with Gasteiger partial charge in [-0.15, -0.1) is 0 Å². The first-order chi connectivity index (χ1) is 12.4. The Morgan fingerprint density at radius 2 is 1.88 bits per heavy atom. The first-order valence-electron chi connectivity index (χ1n) is 9.40. The largest absolute Gasteiger partial charge is 0.346 e. The van der Waals surface area contributed by atoms with Gasteiger partial charge in [0.2, 0.25) is 0 Å². The van der Waals surface area contributed by atoms with E-state index in [0.29, 0.717) is 6.04 Å². The second kappa shape index (κ2) is 6.07. The van der Waals surface area contributed by atoms with E-state index < -0.39 is 0 Å². The molecule has 1 aliphatic rings. The normalized spacial score (nSPS) is 16.0. The first-order valence-corrected chi connectivity index (χ1v) is 9.40. The Balaban J connectivity index is 1.72. The van der Waals surface area contributed by atoms with E-state index in [1.54, 1.807) is 0 Å². The number of aromatic amines is 1. The second-order valence-corrected chi connectivity index (χ2v) is 7.26. The summed E-state index contributed by atoms with van der Waals surface area (Å²) in [4.78, 5) is 7.88. The smallest absolute Gasteiger partial charge is 0.139 e. The number of pyridine rings is 1. The Morgan fingerprint density at radius 1 is 1.04 bits per heavy atom. The highest BCUT2D eigenvalue weighted by Crippen LogP contribution is 2.36. The number of H-pyrrole nitrogens is 1. The van der Waals surface area contributed by atoms with Crippen molar-refractivity contribution in [2.24, 2.45) is 0 Å². The summed E-state index contributed by atoms with van der Waals surface area (Å²) < 4.78 is 2.64. The number of benzene rings is 1. The fourth-order valence-electron chi connectivity index (χ4n) is 4.47. The number of aromatic nitrogens is 3. The highest BCUT2D eigenvalue weighted by molar-refractivity contribution is 6.03. The predicted octanol–water partition coefficient (Wildman–Crippen LogP) is 5.61. The fourth-order valence-corrected chi connectivity index (χ4v) is 4.47. The molecule has 0 atom stereocenters. The molecule has 3 heterocycles. The molecular formula is C22H23N3. The molecule has 0 radical (unpaired) electrons. The molecule has 4 aromatic rings. The average molecular weight is 329 g/mol. The van der Waals surface area contributed by atoms with Gasteiger partial charge in [-0.3, -0.25) is 0 Å². The molecule has 25 heavy (non-hydrogen) atoms. The van der Waals surface area contributed by atoms with Crippen LogP contribution in [0.1, 0.15) is 49.4 Å². The zero-order chi connectivity index (χ0) is 16.6. The maximum absolute atomic E-state index is 4.61. The minimum Gasteiger partial charge on any atom is -0.346 e. The van der Waals surface area contributed by atoms with E-state index in [-0.39, 0.29) is 0 Å². The number of fused-ring (bicyclic) bond motifs is 3. The number of nitrogens with one attached hydrogen (secondary N) is 1. The zero-order valence-corrected chi connectivity index (χ0v) is 14.4. The lowest BCUT2D eigenvalue weighted by atomic mass is 9.94.